The van der Waals surface area contributed by atoms with Gasteiger partial charge in [-0.15, -0.1) is 0 Å². The van der Waals surface area contributed by atoms with E-state index in [4.69, 9.17) is 10.5 Å². The summed E-state index contributed by atoms with van der Waals surface area (Å²) in [5.41, 5.74) is 7.63. The molecule has 3 aromatic rings. The minimum Gasteiger partial charge on any atom is -0.461 e. The monoisotopic (exact) mass is 440 g/mol. The molecule has 2 aromatic carbocycles. The van der Waals surface area contributed by atoms with Crippen LogP contribution in [0.5, 0.6) is 0 Å². The van der Waals surface area contributed by atoms with Crippen molar-refractivity contribution < 1.29 is 14.3 Å². The van der Waals surface area contributed by atoms with E-state index in [0.29, 0.717) is 28.6 Å². The maximum absolute atomic E-state index is 11.9. The summed E-state index contributed by atoms with van der Waals surface area (Å²) >= 11 is 3.43. The number of benzene rings is 2. The Balaban J connectivity index is 2.08. The summed E-state index contributed by atoms with van der Waals surface area (Å²) in [6.45, 7) is 1.83. The fraction of sp³-hybridized carbons (Fsp3) is 0.100. The van der Waals surface area contributed by atoms with Crippen LogP contribution in [0.2, 0.25) is 0 Å². The number of fused-ring (bicyclic) bond motifs is 1. The van der Waals surface area contributed by atoms with Crippen LogP contribution in [-0.4, -0.2) is 28.8 Å². The normalized spacial score (nSPS) is 11.6. The molecule has 7 nitrogen and oxygen atoms in total. The summed E-state index contributed by atoms with van der Waals surface area (Å²) in [6, 6.07) is 12.8. The fourth-order valence-corrected chi connectivity index (χ4v) is 3.03. The number of hydrogen-bond acceptors (Lipinski definition) is 7. The molecule has 0 unspecified atom stereocenters. The average molecular weight is 441 g/mol. The third-order valence-electron chi connectivity index (χ3n) is 3.94. The molecule has 0 aliphatic heterocycles. The van der Waals surface area contributed by atoms with Crippen LogP contribution in [-0.2, 0) is 14.3 Å². The second kappa shape index (κ2) is 8.62. The van der Waals surface area contributed by atoms with Crippen molar-refractivity contribution in [3.05, 3.63) is 64.5 Å². The van der Waals surface area contributed by atoms with E-state index in [2.05, 4.69) is 31.2 Å². The van der Waals surface area contributed by atoms with Gasteiger partial charge in [0.1, 0.15) is 17.8 Å². The molecule has 0 atom stereocenters. The zero-order valence-corrected chi connectivity index (χ0v) is 16.6. The van der Waals surface area contributed by atoms with Gasteiger partial charge >= 0.3 is 5.97 Å². The Labute approximate surface area is 169 Å². The van der Waals surface area contributed by atoms with Gasteiger partial charge < -0.3 is 15.8 Å². The zero-order valence-electron chi connectivity index (χ0n) is 15.0. The highest BCUT2D eigenvalue weighted by atomic mass is 79.9. The largest absolute Gasteiger partial charge is 0.461 e. The van der Waals surface area contributed by atoms with Crippen LogP contribution in [0.15, 0.2) is 59.0 Å². The molecule has 142 valence electrons. The third kappa shape index (κ3) is 4.17. The molecule has 0 amide bonds. The van der Waals surface area contributed by atoms with E-state index in [9.17, 15) is 9.59 Å². The molecule has 0 aliphatic rings. The Morgan fingerprint density at radius 2 is 2.07 bits per heavy atom. The molecule has 1 heterocycles. The first kappa shape index (κ1) is 19.5. The standard InChI is InChI=1S/C20H17BrN4O3/c1-2-28-20(27)18(22)16(10-26)12-6-7-17-15(8-12)19(24-11-23-17)25-14-5-3-4-13(21)9-14/h3-11H,2,22H2,1H3,(H,23,24,25). The van der Waals surface area contributed by atoms with Gasteiger partial charge in [0.15, 0.2) is 6.29 Å². The highest BCUT2D eigenvalue weighted by molar-refractivity contribution is 9.10. The molecule has 0 radical (unpaired) electrons. The Kier molecular flexibility index (Phi) is 6.00. The highest BCUT2D eigenvalue weighted by Crippen LogP contribution is 2.27. The highest BCUT2D eigenvalue weighted by Gasteiger charge is 2.16. The molecule has 1 aromatic heterocycles. The molecule has 0 fully saturated rings. The van der Waals surface area contributed by atoms with Gasteiger partial charge in [-0.1, -0.05) is 28.1 Å². The lowest BCUT2D eigenvalue weighted by Gasteiger charge is -2.11. The van der Waals surface area contributed by atoms with Gasteiger partial charge in [-0.2, -0.15) is 0 Å². The van der Waals surface area contributed by atoms with Gasteiger partial charge in [-0.25, -0.2) is 14.8 Å². The lowest BCUT2D eigenvalue weighted by atomic mass is 10.0. The second-order valence-electron chi connectivity index (χ2n) is 5.76. The van der Waals surface area contributed by atoms with Crippen LogP contribution >= 0.6 is 15.9 Å². The quantitative estimate of drug-likeness (QED) is 0.342. The molecular weight excluding hydrogens is 424 g/mol. The summed E-state index contributed by atoms with van der Waals surface area (Å²) in [6.07, 6.45) is 1.99. The molecule has 0 bridgehead atoms. The number of nitrogens with zero attached hydrogens (tertiary/aromatic N) is 2. The van der Waals surface area contributed by atoms with Crippen LogP contribution < -0.4 is 11.1 Å². The van der Waals surface area contributed by atoms with Gasteiger partial charge in [0, 0.05) is 15.5 Å². The first-order valence-corrected chi connectivity index (χ1v) is 9.22. The van der Waals surface area contributed by atoms with Gasteiger partial charge in [0.2, 0.25) is 0 Å². The number of allylic oxidation sites excluding steroid dienone is 1. The number of hydrogen-bond donors (Lipinski definition) is 2. The van der Waals surface area contributed by atoms with Crippen LogP contribution in [0.25, 0.3) is 16.5 Å². The van der Waals surface area contributed by atoms with E-state index in [-0.39, 0.29) is 17.9 Å². The van der Waals surface area contributed by atoms with E-state index in [1.54, 1.807) is 25.1 Å². The minimum atomic E-state index is -0.735. The number of nitrogens with two attached hydrogens (primary N) is 1. The van der Waals surface area contributed by atoms with Crippen molar-refractivity contribution in [3.63, 3.8) is 0 Å². The molecular formula is C20H17BrN4O3. The molecule has 0 aliphatic carbocycles. The number of esters is 1. The topological polar surface area (TPSA) is 107 Å². The number of nitrogens with one attached hydrogen (secondary N) is 1. The van der Waals surface area contributed by atoms with E-state index < -0.39 is 5.97 Å². The van der Waals surface area contributed by atoms with Gasteiger partial charge in [-0.3, -0.25) is 4.79 Å². The van der Waals surface area contributed by atoms with Crippen molar-refractivity contribution in [3.8, 4) is 0 Å². The Morgan fingerprint density at radius 1 is 1.25 bits per heavy atom. The first-order chi connectivity index (χ1) is 13.5. The van der Waals surface area contributed by atoms with E-state index >= 15 is 0 Å². The minimum absolute atomic E-state index is 0.0533. The summed E-state index contributed by atoms with van der Waals surface area (Å²) in [7, 11) is 0. The molecule has 28 heavy (non-hydrogen) atoms. The summed E-state index contributed by atoms with van der Waals surface area (Å²) in [5.74, 6) is -0.175. The lowest BCUT2D eigenvalue weighted by molar-refractivity contribution is -0.138. The number of carbonyl (C=O) groups excluding carboxylic acids is 2. The predicted octanol–water partition coefficient (Wildman–Crippen LogP) is 3.57. The third-order valence-corrected chi connectivity index (χ3v) is 4.43. The number of rotatable bonds is 6. The number of anilines is 2. The van der Waals surface area contributed by atoms with Crippen LogP contribution in [0.3, 0.4) is 0 Å². The van der Waals surface area contributed by atoms with Crippen LogP contribution in [0.4, 0.5) is 11.5 Å². The van der Waals surface area contributed by atoms with Gasteiger partial charge in [-0.05, 0) is 42.8 Å². The summed E-state index contributed by atoms with van der Waals surface area (Å²) in [5, 5.41) is 3.91. The lowest BCUT2D eigenvalue weighted by Crippen LogP contribution is -2.17. The van der Waals surface area contributed by atoms with Crippen LogP contribution in [0, 0.1) is 0 Å². The SMILES string of the molecule is CCOC(=O)C(N)=C(C=O)c1ccc2ncnc(Nc3cccc(Br)c3)c2c1. The number of aldehydes is 1. The summed E-state index contributed by atoms with van der Waals surface area (Å²) in [4.78, 5) is 32.1. The maximum Gasteiger partial charge on any atom is 0.354 e. The second-order valence-corrected chi connectivity index (χ2v) is 6.67. The Morgan fingerprint density at radius 3 is 2.79 bits per heavy atom. The molecule has 0 spiro atoms. The van der Waals surface area contributed by atoms with Crippen molar-refractivity contribution in [1.82, 2.24) is 9.97 Å². The van der Waals surface area contributed by atoms with E-state index in [1.165, 1.54) is 6.33 Å². The van der Waals surface area contributed by atoms with Crippen LogP contribution in [0.1, 0.15) is 12.5 Å². The number of halogens is 1. The molecule has 0 saturated heterocycles. The number of aromatic nitrogens is 2. The first-order valence-electron chi connectivity index (χ1n) is 8.43. The van der Waals surface area contributed by atoms with Gasteiger partial charge in [0.25, 0.3) is 0 Å². The molecule has 3 rings (SSSR count). The zero-order chi connectivity index (χ0) is 20.1. The fourth-order valence-electron chi connectivity index (χ4n) is 2.63. The molecule has 8 heteroatoms. The van der Waals surface area contributed by atoms with E-state index in [1.807, 2.05) is 24.3 Å². The maximum atomic E-state index is 11.9. The van der Waals surface area contributed by atoms with Crippen molar-refractivity contribution >= 4 is 56.2 Å². The summed E-state index contributed by atoms with van der Waals surface area (Å²) < 4.78 is 5.81. The Bertz CT molecular complexity index is 1080. The predicted molar refractivity (Wildman–Crippen MR) is 111 cm³/mol. The van der Waals surface area contributed by atoms with Gasteiger partial charge in [0.05, 0.1) is 17.7 Å². The smallest absolute Gasteiger partial charge is 0.354 e. The van der Waals surface area contributed by atoms with Crippen molar-refractivity contribution in [2.45, 2.75) is 6.92 Å². The number of carbonyl (C=O) groups is 2. The van der Waals surface area contributed by atoms with Crippen molar-refractivity contribution in [2.75, 3.05) is 11.9 Å². The number of ether oxygens (including phenoxy) is 1. The average Bonchev–Trinajstić information content (AvgIpc) is 2.69. The molecule has 3 N–H and O–H groups in total. The molecule has 0 saturated carbocycles. The van der Waals surface area contributed by atoms with Crippen molar-refractivity contribution in [2.24, 2.45) is 5.73 Å². The van der Waals surface area contributed by atoms with Crippen molar-refractivity contribution in [1.29, 1.82) is 0 Å². The van der Waals surface area contributed by atoms with E-state index in [0.717, 1.165) is 10.2 Å². The Hall–Kier alpha value is -3.26.